The van der Waals surface area contributed by atoms with Crippen molar-refractivity contribution in [2.75, 3.05) is 14.2 Å². The number of carbonyl (C=O) groups excluding carboxylic acids is 1. The number of halogens is 1. The van der Waals surface area contributed by atoms with Crippen LogP contribution in [0.15, 0.2) is 53.1 Å². The molecule has 0 aliphatic carbocycles. The molecule has 3 aromatic rings. The quantitative estimate of drug-likeness (QED) is 0.557. The average molecular weight is 449 g/mol. The minimum atomic E-state index is -0.0967. The van der Waals surface area contributed by atoms with Crippen LogP contribution < -0.4 is 4.74 Å². The summed E-state index contributed by atoms with van der Waals surface area (Å²) in [7, 11) is 3.32. The van der Waals surface area contributed by atoms with Gasteiger partial charge in [-0.2, -0.15) is 4.98 Å². The predicted octanol–water partition coefficient (Wildman–Crippen LogP) is 3.62. The van der Waals surface area contributed by atoms with E-state index in [1.54, 1.807) is 31.2 Å². The van der Waals surface area contributed by atoms with E-state index in [2.05, 4.69) is 32.7 Å². The lowest BCUT2D eigenvalue weighted by molar-refractivity contribution is 0.0769. The first-order valence-corrected chi connectivity index (χ1v) is 8.63. The Bertz CT molecular complexity index is 860. The molecule has 128 valence electrons. The second-order valence-electron chi connectivity index (χ2n) is 5.41. The van der Waals surface area contributed by atoms with Crippen LogP contribution >= 0.6 is 22.6 Å². The molecule has 7 heteroatoms. The fourth-order valence-electron chi connectivity index (χ4n) is 2.26. The lowest BCUT2D eigenvalue weighted by Gasteiger charge is -2.14. The van der Waals surface area contributed by atoms with Crippen LogP contribution in [-0.4, -0.2) is 35.1 Å². The van der Waals surface area contributed by atoms with Gasteiger partial charge in [0.05, 0.1) is 13.7 Å². The third-order valence-corrected chi connectivity index (χ3v) is 4.35. The summed E-state index contributed by atoms with van der Waals surface area (Å²) in [5, 5.41) is 3.97. The normalized spacial score (nSPS) is 10.5. The molecule has 0 saturated heterocycles. The van der Waals surface area contributed by atoms with Gasteiger partial charge in [0.1, 0.15) is 5.75 Å². The maximum Gasteiger partial charge on any atom is 0.254 e. The van der Waals surface area contributed by atoms with Gasteiger partial charge < -0.3 is 14.2 Å². The van der Waals surface area contributed by atoms with E-state index >= 15 is 0 Å². The van der Waals surface area contributed by atoms with Gasteiger partial charge in [-0.3, -0.25) is 4.79 Å². The van der Waals surface area contributed by atoms with Crippen molar-refractivity contribution in [1.29, 1.82) is 0 Å². The Morgan fingerprint density at radius 1 is 1.16 bits per heavy atom. The second-order valence-corrected chi connectivity index (χ2v) is 6.65. The highest BCUT2D eigenvalue weighted by atomic mass is 127. The van der Waals surface area contributed by atoms with Crippen molar-refractivity contribution < 1.29 is 14.1 Å². The van der Waals surface area contributed by atoms with Gasteiger partial charge in [0.2, 0.25) is 11.7 Å². The summed E-state index contributed by atoms with van der Waals surface area (Å²) in [5.41, 5.74) is 1.44. The van der Waals surface area contributed by atoms with E-state index in [0.717, 1.165) is 14.9 Å². The van der Waals surface area contributed by atoms with Crippen LogP contribution in [0.5, 0.6) is 5.75 Å². The van der Waals surface area contributed by atoms with Gasteiger partial charge in [0.25, 0.3) is 5.91 Å². The van der Waals surface area contributed by atoms with Crippen LogP contribution in [0.2, 0.25) is 0 Å². The molecule has 0 spiro atoms. The molecule has 0 bridgehead atoms. The number of benzene rings is 2. The van der Waals surface area contributed by atoms with Gasteiger partial charge in [-0.25, -0.2) is 0 Å². The molecule has 3 rings (SSSR count). The second kappa shape index (κ2) is 7.64. The monoisotopic (exact) mass is 449 g/mol. The lowest BCUT2D eigenvalue weighted by atomic mass is 10.2. The summed E-state index contributed by atoms with van der Waals surface area (Å²) >= 11 is 2.20. The highest BCUT2D eigenvalue weighted by molar-refractivity contribution is 14.1. The predicted molar refractivity (Wildman–Crippen MR) is 101 cm³/mol. The first kappa shape index (κ1) is 17.4. The fraction of sp³-hybridized carbons (Fsp3) is 0.167. The maximum absolute atomic E-state index is 12.4. The van der Waals surface area contributed by atoms with E-state index in [9.17, 15) is 4.79 Å². The van der Waals surface area contributed by atoms with Crippen molar-refractivity contribution in [2.45, 2.75) is 6.54 Å². The van der Waals surface area contributed by atoms with Crippen LogP contribution in [0.4, 0.5) is 0 Å². The molecule has 25 heavy (non-hydrogen) atoms. The Morgan fingerprint density at radius 2 is 1.84 bits per heavy atom. The summed E-state index contributed by atoms with van der Waals surface area (Å²) < 4.78 is 11.5. The number of nitrogens with zero attached hydrogens (tertiary/aromatic N) is 3. The van der Waals surface area contributed by atoms with E-state index in [1.165, 1.54) is 0 Å². The van der Waals surface area contributed by atoms with Gasteiger partial charge >= 0.3 is 0 Å². The first-order valence-electron chi connectivity index (χ1n) is 7.55. The first-order chi connectivity index (χ1) is 12.1. The molecule has 0 saturated carbocycles. The number of carbonyl (C=O) groups is 1. The number of ether oxygens (including phenoxy) is 1. The van der Waals surface area contributed by atoms with E-state index in [4.69, 9.17) is 9.26 Å². The van der Waals surface area contributed by atoms with Crippen LogP contribution in [-0.2, 0) is 6.54 Å². The molecule has 1 aromatic heterocycles. The third kappa shape index (κ3) is 4.16. The zero-order valence-electron chi connectivity index (χ0n) is 13.8. The Hall–Kier alpha value is -2.42. The maximum atomic E-state index is 12.4. The van der Waals surface area contributed by atoms with E-state index < -0.39 is 0 Å². The van der Waals surface area contributed by atoms with E-state index in [1.807, 2.05) is 36.4 Å². The molecular formula is C18H16IN3O3. The van der Waals surface area contributed by atoms with Gasteiger partial charge in [-0.05, 0) is 71.1 Å². The Morgan fingerprint density at radius 3 is 2.48 bits per heavy atom. The molecule has 1 heterocycles. The number of aromatic nitrogens is 2. The summed E-state index contributed by atoms with van der Waals surface area (Å²) in [6.45, 7) is 0.244. The molecule has 1 amide bonds. The van der Waals surface area contributed by atoms with Crippen LogP contribution in [0.3, 0.4) is 0 Å². The van der Waals surface area contributed by atoms with E-state index in [0.29, 0.717) is 17.3 Å². The summed E-state index contributed by atoms with van der Waals surface area (Å²) in [6, 6.07) is 14.8. The summed E-state index contributed by atoms with van der Waals surface area (Å²) in [5.74, 6) is 1.52. The van der Waals surface area contributed by atoms with E-state index in [-0.39, 0.29) is 12.5 Å². The number of hydrogen-bond acceptors (Lipinski definition) is 5. The standard InChI is InChI=1S/C18H16IN3O3/c1-22(18(23)13-3-7-14(19)8-4-13)11-16-20-17(21-25-16)12-5-9-15(24-2)10-6-12/h3-10H,11H2,1-2H3. The van der Waals surface area contributed by atoms with Crippen LogP contribution in [0.25, 0.3) is 11.4 Å². The highest BCUT2D eigenvalue weighted by Gasteiger charge is 2.16. The number of hydrogen-bond donors (Lipinski definition) is 0. The van der Waals surface area contributed by atoms with Gasteiger partial charge in [-0.1, -0.05) is 5.16 Å². The topological polar surface area (TPSA) is 68.5 Å². The number of rotatable bonds is 5. The van der Waals surface area contributed by atoms with Crippen molar-refractivity contribution in [3.8, 4) is 17.1 Å². The lowest BCUT2D eigenvalue weighted by Crippen LogP contribution is -2.26. The molecule has 0 N–H and O–H groups in total. The molecule has 0 fully saturated rings. The highest BCUT2D eigenvalue weighted by Crippen LogP contribution is 2.20. The van der Waals surface area contributed by atoms with Crippen LogP contribution in [0.1, 0.15) is 16.2 Å². The molecule has 0 aliphatic rings. The summed E-state index contributed by atoms with van der Waals surface area (Å²) in [6.07, 6.45) is 0. The minimum Gasteiger partial charge on any atom is -0.497 e. The fourth-order valence-corrected chi connectivity index (χ4v) is 2.62. The largest absolute Gasteiger partial charge is 0.497 e. The van der Waals surface area contributed by atoms with Gasteiger partial charge in [0, 0.05) is 21.7 Å². The van der Waals surface area contributed by atoms with Gasteiger partial charge in [-0.15, -0.1) is 0 Å². The molecule has 0 atom stereocenters. The minimum absolute atomic E-state index is 0.0967. The SMILES string of the molecule is COc1ccc(-c2noc(CN(C)C(=O)c3ccc(I)cc3)n2)cc1. The van der Waals surface area contributed by atoms with Crippen molar-refractivity contribution in [2.24, 2.45) is 0 Å². The smallest absolute Gasteiger partial charge is 0.254 e. The number of amides is 1. The molecule has 0 aliphatic heterocycles. The third-order valence-electron chi connectivity index (χ3n) is 3.63. The zero-order chi connectivity index (χ0) is 17.8. The molecule has 2 aromatic carbocycles. The van der Waals surface area contributed by atoms with Crippen molar-refractivity contribution in [1.82, 2.24) is 15.0 Å². The Balaban J connectivity index is 1.69. The van der Waals surface area contributed by atoms with Crippen molar-refractivity contribution in [3.63, 3.8) is 0 Å². The van der Waals surface area contributed by atoms with Gasteiger partial charge in [0.15, 0.2) is 0 Å². The Labute approximate surface area is 158 Å². The Kier molecular flexibility index (Phi) is 5.32. The summed E-state index contributed by atoms with van der Waals surface area (Å²) in [4.78, 5) is 18.3. The molecule has 0 unspecified atom stereocenters. The average Bonchev–Trinajstić information content (AvgIpc) is 3.10. The molecule has 6 nitrogen and oxygen atoms in total. The zero-order valence-corrected chi connectivity index (χ0v) is 15.9. The molecule has 0 radical (unpaired) electrons. The van der Waals surface area contributed by atoms with Crippen LogP contribution in [0, 0.1) is 3.57 Å². The number of methoxy groups -OCH3 is 1. The van der Waals surface area contributed by atoms with Crippen molar-refractivity contribution in [3.05, 3.63) is 63.6 Å². The van der Waals surface area contributed by atoms with Crippen molar-refractivity contribution >= 4 is 28.5 Å². The molecular weight excluding hydrogens is 433 g/mol.